The predicted molar refractivity (Wildman–Crippen MR) is 92.8 cm³/mol. The van der Waals surface area contributed by atoms with Crippen LogP contribution in [0, 0.1) is 6.92 Å². The first-order valence-electron chi connectivity index (χ1n) is 7.66. The third-order valence-electron chi connectivity index (χ3n) is 3.75. The summed E-state index contributed by atoms with van der Waals surface area (Å²) in [6.45, 7) is 3.61. The van der Waals surface area contributed by atoms with E-state index in [-0.39, 0.29) is 17.5 Å². The van der Waals surface area contributed by atoms with E-state index in [1.165, 1.54) is 0 Å². The summed E-state index contributed by atoms with van der Waals surface area (Å²) >= 11 is 0. The molecule has 0 spiro atoms. The third-order valence-corrected chi connectivity index (χ3v) is 3.75. The van der Waals surface area contributed by atoms with Gasteiger partial charge < -0.3 is 10.6 Å². The number of aromatic nitrogens is 2. The Kier molecular flexibility index (Phi) is 4.29. The number of hydrogen-bond acceptors (Lipinski definition) is 3. The number of rotatable bonds is 4. The summed E-state index contributed by atoms with van der Waals surface area (Å²) in [6.07, 6.45) is 0. The number of carbonyl (C=O) groups is 2. The second-order valence-corrected chi connectivity index (χ2v) is 5.67. The normalized spacial score (nSPS) is 11.9. The Labute approximate surface area is 139 Å². The molecule has 0 bridgehead atoms. The summed E-state index contributed by atoms with van der Waals surface area (Å²) in [5, 5.41) is 13.0. The summed E-state index contributed by atoms with van der Waals surface area (Å²) in [7, 11) is 0. The van der Waals surface area contributed by atoms with Crippen LogP contribution in [-0.4, -0.2) is 28.1 Å². The fourth-order valence-corrected chi connectivity index (χ4v) is 2.35. The van der Waals surface area contributed by atoms with E-state index in [9.17, 15) is 9.59 Å². The Bertz CT molecular complexity index is 883. The maximum atomic E-state index is 12.4. The van der Waals surface area contributed by atoms with E-state index in [2.05, 4.69) is 20.8 Å². The lowest BCUT2D eigenvalue weighted by Crippen LogP contribution is -2.41. The van der Waals surface area contributed by atoms with Gasteiger partial charge in [-0.2, -0.15) is 5.10 Å². The third kappa shape index (κ3) is 3.27. The number of carbonyl (C=O) groups excluding carboxylic acids is 2. The quantitative estimate of drug-likeness (QED) is 0.690. The van der Waals surface area contributed by atoms with Crippen molar-refractivity contribution in [2.45, 2.75) is 19.9 Å². The lowest BCUT2D eigenvalue weighted by Gasteiger charge is -2.13. The largest absolute Gasteiger partial charge is 0.339 e. The molecule has 1 heterocycles. The molecule has 2 aromatic carbocycles. The number of aromatic amines is 1. The summed E-state index contributed by atoms with van der Waals surface area (Å²) < 4.78 is 0. The number of nitrogens with one attached hydrogen (secondary N) is 3. The minimum Gasteiger partial charge on any atom is -0.339 e. The van der Waals surface area contributed by atoms with Crippen molar-refractivity contribution in [3.8, 4) is 0 Å². The van der Waals surface area contributed by atoms with Gasteiger partial charge in [0.2, 0.25) is 5.91 Å². The number of para-hydroxylation sites is 1. The number of amides is 2. The van der Waals surface area contributed by atoms with Crippen LogP contribution in [0.1, 0.15) is 23.0 Å². The van der Waals surface area contributed by atoms with Gasteiger partial charge in [0, 0.05) is 11.1 Å². The molecule has 6 heteroatoms. The van der Waals surface area contributed by atoms with Gasteiger partial charge in [-0.1, -0.05) is 35.9 Å². The molecular weight excluding hydrogens is 304 g/mol. The summed E-state index contributed by atoms with van der Waals surface area (Å²) in [4.78, 5) is 24.6. The first kappa shape index (κ1) is 15.7. The molecule has 0 aliphatic carbocycles. The maximum absolute atomic E-state index is 12.4. The minimum atomic E-state index is -0.686. The second kappa shape index (κ2) is 6.54. The predicted octanol–water partition coefficient (Wildman–Crippen LogP) is 2.63. The molecular formula is C18H18N4O2. The van der Waals surface area contributed by atoms with E-state index in [4.69, 9.17) is 0 Å². The molecule has 3 N–H and O–H groups in total. The van der Waals surface area contributed by atoms with Crippen molar-refractivity contribution in [2.24, 2.45) is 0 Å². The molecule has 1 aromatic heterocycles. The van der Waals surface area contributed by atoms with E-state index >= 15 is 0 Å². The van der Waals surface area contributed by atoms with Crippen LogP contribution in [0.15, 0.2) is 48.5 Å². The number of nitrogens with zero attached hydrogens (tertiary/aromatic N) is 1. The summed E-state index contributed by atoms with van der Waals surface area (Å²) in [6, 6.07) is 14.1. The van der Waals surface area contributed by atoms with Crippen molar-refractivity contribution in [3.63, 3.8) is 0 Å². The van der Waals surface area contributed by atoms with Crippen molar-refractivity contribution in [1.29, 1.82) is 0 Å². The van der Waals surface area contributed by atoms with Crippen LogP contribution in [0.3, 0.4) is 0 Å². The lowest BCUT2D eigenvalue weighted by atomic mass is 10.2. The Morgan fingerprint density at radius 2 is 1.79 bits per heavy atom. The monoisotopic (exact) mass is 322 g/mol. The highest BCUT2D eigenvalue weighted by Crippen LogP contribution is 2.15. The van der Waals surface area contributed by atoms with Crippen molar-refractivity contribution < 1.29 is 9.59 Å². The Balaban J connectivity index is 1.67. The fourth-order valence-electron chi connectivity index (χ4n) is 2.35. The van der Waals surface area contributed by atoms with Gasteiger partial charge in [0.1, 0.15) is 6.04 Å². The molecule has 0 saturated carbocycles. The van der Waals surface area contributed by atoms with Crippen LogP contribution in [0.5, 0.6) is 0 Å². The van der Waals surface area contributed by atoms with Crippen molar-refractivity contribution in [1.82, 2.24) is 15.5 Å². The molecule has 1 unspecified atom stereocenters. The van der Waals surface area contributed by atoms with E-state index in [0.717, 1.165) is 16.5 Å². The van der Waals surface area contributed by atoms with Gasteiger partial charge in [-0.05, 0) is 32.0 Å². The number of fused-ring (bicyclic) bond motifs is 1. The van der Waals surface area contributed by atoms with Gasteiger partial charge in [0.15, 0.2) is 5.69 Å². The van der Waals surface area contributed by atoms with Gasteiger partial charge in [-0.25, -0.2) is 0 Å². The van der Waals surface area contributed by atoms with Crippen LogP contribution < -0.4 is 10.6 Å². The Morgan fingerprint density at radius 1 is 1.08 bits per heavy atom. The zero-order chi connectivity index (χ0) is 17.1. The van der Waals surface area contributed by atoms with Gasteiger partial charge >= 0.3 is 0 Å². The number of aryl methyl sites for hydroxylation is 1. The van der Waals surface area contributed by atoms with Gasteiger partial charge in [-0.3, -0.25) is 14.7 Å². The van der Waals surface area contributed by atoms with E-state index in [0.29, 0.717) is 5.69 Å². The molecule has 6 nitrogen and oxygen atoms in total. The van der Waals surface area contributed by atoms with E-state index in [1.807, 2.05) is 55.5 Å². The van der Waals surface area contributed by atoms with Crippen LogP contribution in [0.2, 0.25) is 0 Å². The topological polar surface area (TPSA) is 86.9 Å². The highest BCUT2D eigenvalue weighted by Gasteiger charge is 2.20. The minimum absolute atomic E-state index is 0.278. The Hall–Kier alpha value is -3.15. The van der Waals surface area contributed by atoms with E-state index in [1.54, 1.807) is 6.92 Å². The van der Waals surface area contributed by atoms with Gasteiger partial charge in [-0.15, -0.1) is 0 Å². The molecule has 2 amide bonds. The molecule has 0 aliphatic rings. The highest BCUT2D eigenvalue weighted by atomic mass is 16.2. The number of benzene rings is 2. The molecule has 0 radical (unpaired) electrons. The first-order chi connectivity index (χ1) is 11.5. The zero-order valence-electron chi connectivity index (χ0n) is 13.5. The van der Waals surface area contributed by atoms with Crippen LogP contribution >= 0.6 is 0 Å². The summed E-state index contributed by atoms with van der Waals surface area (Å²) in [5.74, 6) is -0.675. The molecule has 3 rings (SSSR count). The highest BCUT2D eigenvalue weighted by molar-refractivity contribution is 6.06. The Morgan fingerprint density at radius 3 is 2.54 bits per heavy atom. The maximum Gasteiger partial charge on any atom is 0.273 e. The molecule has 0 fully saturated rings. The lowest BCUT2D eigenvalue weighted by molar-refractivity contribution is -0.117. The smallest absolute Gasteiger partial charge is 0.273 e. The van der Waals surface area contributed by atoms with Crippen LogP contribution in [0.4, 0.5) is 5.69 Å². The standard InChI is InChI=1S/C18H18N4O2/c1-11-7-9-13(10-8-11)20-17(23)12(2)19-18(24)16-14-5-3-4-6-15(14)21-22-16/h3-10,12H,1-2H3,(H,19,24)(H,20,23)(H,21,22). The van der Waals surface area contributed by atoms with Crippen LogP contribution in [-0.2, 0) is 4.79 Å². The van der Waals surface area contributed by atoms with Crippen molar-refractivity contribution in [3.05, 3.63) is 59.8 Å². The van der Waals surface area contributed by atoms with Crippen molar-refractivity contribution in [2.75, 3.05) is 5.32 Å². The van der Waals surface area contributed by atoms with Gasteiger partial charge in [0.05, 0.1) is 5.52 Å². The van der Waals surface area contributed by atoms with Crippen LogP contribution in [0.25, 0.3) is 10.9 Å². The summed E-state index contributed by atoms with van der Waals surface area (Å²) in [5.41, 5.74) is 2.86. The van der Waals surface area contributed by atoms with Crippen molar-refractivity contribution >= 4 is 28.4 Å². The molecule has 0 aliphatic heterocycles. The average molecular weight is 322 g/mol. The second-order valence-electron chi connectivity index (χ2n) is 5.67. The molecule has 24 heavy (non-hydrogen) atoms. The van der Waals surface area contributed by atoms with Gasteiger partial charge in [0.25, 0.3) is 5.91 Å². The molecule has 0 saturated heterocycles. The number of hydrogen-bond donors (Lipinski definition) is 3. The number of H-pyrrole nitrogens is 1. The zero-order valence-corrected chi connectivity index (χ0v) is 13.5. The fraction of sp³-hybridized carbons (Fsp3) is 0.167. The molecule has 1 atom stereocenters. The number of anilines is 1. The molecule has 3 aromatic rings. The average Bonchev–Trinajstić information content (AvgIpc) is 3.01. The SMILES string of the molecule is Cc1ccc(NC(=O)C(C)NC(=O)c2n[nH]c3ccccc23)cc1. The molecule has 122 valence electrons. The first-order valence-corrected chi connectivity index (χ1v) is 7.66. The van der Waals surface area contributed by atoms with E-state index < -0.39 is 6.04 Å².